The molecular weight excluding hydrogens is 342 g/mol. The zero-order chi connectivity index (χ0) is 15.8. The molecule has 0 aliphatic heterocycles. The van der Waals surface area contributed by atoms with E-state index in [0.717, 1.165) is 16.6 Å². The lowest BCUT2D eigenvalue weighted by molar-refractivity contribution is -0.118. The molecule has 0 unspecified atom stereocenters. The number of ether oxygens (including phenoxy) is 1. The molecule has 116 valence electrons. The number of benzene rings is 2. The first-order chi connectivity index (χ1) is 10.7. The first-order valence-corrected chi connectivity index (χ1v) is 8.24. The van der Waals surface area contributed by atoms with Crippen molar-refractivity contribution in [1.29, 1.82) is 0 Å². The molecule has 3 nitrogen and oxygen atoms in total. The van der Waals surface area contributed by atoms with Crippen LogP contribution >= 0.6 is 15.9 Å². The van der Waals surface area contributed by atoms with Crippen molar-refractivity contribution in [3.63, 3.8) is 0 Å². The van der Waals surface area contributed by atoms with Gasteiger partial charge in [0.15, 0.2) is 6.61 Å². The van der Waals surface area contributed by atoms with Gasteiger partial charge in [0.1, 0.15) is 5.75 Å². The molecule has 0 aromatic heterocycles. The van der Waals surface area contributed by atoms with E-state index in [2.05, 4.69) is 40.3 Å². The second kappa shape index (κ2) is 8.59. The minimum Gasteiger partial charge on any atom is -0.483 e. The summed E-state index contributed by atoms with van der Waals surface area (Å²) in [6.07, 6.45) is 3.45. The molecule has 1 N–H and O–H groups in total. The molecule has 0 aliphatic carbocycles. The van der Waals surface area contributed by atoms with Crippen molar-refractivity contribution < 1.29 is 9.53 Å². The third kappa shape index (κ3) is 5.19. The predicted octanol–water partition coefficient (Wildman–Crippen LogP) is 4.81. The number of halogens is 1. The first kappa shape index (κ1) is 16.6. The predicted molar refractivity (Wildman–Crippen MR) is 93.3 cm³/mol. The van der Waals surface area contributed by atoms with Gasteiger partial charge in [-0.05, 0) is 58.6 Å². The number of nitrogens with one attached hydrogen (secondary N) is 1. The standard InChI is InChI=1S/C18H20BrNO2/c1-2-3-6-14-9-11-15(12-10-14)20-18(21)13-22-17-8-5-4-7-16(17)19/h4-5,7-12H,2-3,6,13H2,1H3,(H,20,21). The molecule has 1 amide bonds. The minimum absolute atomic E-state index is 0.0137. The zero-order valence-corrected chi connectivity index (χ0v) is 14.2. The summed E-state index contributed by atoms with van der Waals surface area (Å²) in [7, 11) is 0. The molecule has 0 heterocycles. The van der Waals surface area contributed by atoms with Crippen molar-refractivity contribution in [2.75, 3.05) is 11.9 Å². The topological polar surface area (TPSA) is 38.3 Å². The molecule has 0 saturated carbocycles. The van der Waals surface area contributed by atoms with Gasteiger partial charge in [0.25, 0.3) is 5.91 Å². The van der Waals surface area contributed by atoms with E-state index in [1.807, 2.05) is 36.4 Å². The Morgan fingerprint density at radius 2 is 1.86 bits per heavy atom. The Morgan fingerprint density at radius 1 is 1.14 bits per heavy atom. The Hall–Kier alpha value is -1.81. The monoisotopic (exact) mass is 361 g/mol. The van der Waals surface area contributed by atoms with Crippen molar-refractivity contribution >= 4 is 27.5 Å². The molecule has 22 heavy (non-hydrogen) atoms. The Kier molecular flexibility index (Phi) is 6.46. The van der Waals surface area contributed by atoms with Crippen LogP contribution in [0.1, 0.15) is 25.3 Å². The van der Waals surface area contributed by atoms with Gasteiger partial charge < -0.3 is 10.1 Å². The molecule has 0 saturated heterocycles. The number of aryl methyl sites for hydroxylation is 1. The quantitative estimate of drug-likeness (QED) is 0.768. The number of hydrogen-bond donors (Lipinski definition) is 1. The van der Waals surface area contributed by atoms with Crippen molar-refractivity contribution in [3.8, 4) is 5.75 Å². The van der Waals surface area contributed by atoms with Gasteiger partial charge in [0.2, 0.25) is 0 Å². The average Bonchev–Trinajstić information content (AvgIpc) is 2.53. The van der Waals surface area contributed by atoms with Crippen LogP contribution in [0, 0.1) is 0 Å². The van der Waals surface area contributed by atoms with Crippen LogP contribution in [0.3, 0.4) is 0 Å². The van der Waals surface area contributed by atoms with Crippen LogP contribution in [0.4, 0.5) is 5.69 Å². The second-order valence-corrected chi connectivity index (χ2v) is 5.92. The molecule has 4 heteroatoms. The molecule has 0 atom stereocenters. The van der Waals surface area contributed by atoms with E-state index < -0.39 is 0 Å². The van der Waals surface area contributed by atoms with E-state index in [-0.39, 0.29) is 12.5 Å². The maximum Gasteiger partial charge on any atom is 0.262 e. The smallest absolute Gasteiger partial charge is 0.262 e. The maximum absolute atomic E-state index is 11.9. The van der Waals surface area contributed by atoms with Crippen LogP contribution in [-0.2, 0) is 11.2 Å². The van der Waals surface area contributed by atoms with Crippen molar-refractivity contribution in [1.82, 2.24) is 0 Å². The highest BCUT2D eigenvalue weighted by Gasteiger charge is 2.05. The fraction of sp³-hybridized carbons (Fsp3) is 0.278. The van der Waals surface area contributed by atoms with Crippen molar-refractivity contribution in [2.45, 2.75) is 26.2 Å². The van der Waals surface area contributed by atoms with Crippen LogP contribution in [-0.4, -0.2) is 12.5 Å². The lowest BCUT2D eigenvalue weighted by atomic mass is 10.1. The highest BCUT2D eigenvalue weighted by atomic mass is 79.9. The first-order valence-electron chi connectivity index (χ1n) is 7.45. The van der Waals surface area contributed by atoms with E-state index in [9.17, 15) is 4.79 Å². The highest BCUT2D eigenvalue weighted by Crippen LogP contribution is 2.23. The lowest BCUT2D eigenvalue weighted by Gasteiger charge is -2.09. The maximum atomic E-state index is 11.9. The average molecular weight is 362 g/mol. The fourth-order valence-corrected chi connectivity index (χ4v) is 2.44. The fourth-order valence-electron chi connectivity index (χ4n) is 2.04. The van der Waals surface area contributed by atoms with Gasteiger partial charge in [-0.3, -0.25) is 4.79 Å². The van der Waals surface area contributed by atoms with Crippen LogP contribution < -0.4 is 10.1 Å². The van der Waals surface area contributed by atoms with Crippen LogP contribution in [0.25, 0.3) is 0 Å². The van der Waals surface area contributed by atoms with E-state index in [4.69, 9.17) is 4.74 Å². The Labute approximate surface area is 139 Å². The minimum atomic E-state index is -0.169. The van der Waals surface area contributed by atoms with Gasteiger partial charge in [-0.25, -0.2) is 0 Å². The van der Waals surface area contributed by atoms with E-state index >= 15 is 0 Å². The normalized spacial score (nSPS) is 10.3. The Morgan fingerprint density at radius 3 is 2.55 bits per heavy atom. The van der Waals surface area contributed by atoms with Crippen molar-refractivity contribution in [3.05, 3.63) is 58.6 Å². The third-order valence-electron chi connectivity index (χ3n) is 3.25. The summed E-state index contributed by atoms with van der Waals surface area (Å²) in [6.45, 7) is 2.17. The highest BCUT2D eigenvalue weighted by molar-refractivity contribution is 9.10. The molecule has 2 aromatic carbocycles. The SMILES string of the molecule is CCCCc1ccc(NC(=O)COc2ccccc2Br)cc1. The van der Waals surface area contributed by atoms with Crippen molar-refractivity contribution in [2.24, 2.45) is 0 Å². The number of hydrogen-bond acceptors (Lipinski definition) is 2. The molecule has 0 spiro atoms. The summed E-state index contributed by atoms with van der Waals surface area (Å²) in [5.74, 6) is 0.490. The van der Waals surface area contributed by atoms with Gasteiger partial charge in [-0.1, -0.05) is 37.6 Å². The summed E-state index contributed by atoms with van der Waals surface area (Å²) < 4.78 is 6.32. The van der Waals surface area contributed by atoms with E-state index in [1.54, 1.807) is 0 Å². The zero-order valence-electron chi connectivity index (χ0n) is 12.6. The number of carbonyl (C=O) groups excluding carboxylic acids is 1. The van der Waals surface area contributed by atoms with Gasteiger partial charge in [-0.2, -0.15) is 0 Å². The van der Waals surface area contributed by atoms with Crippen LogP contribution in [0.15, 0.2) is 53.0 Å². The van der Waals surface area contributed by atoms with Crippen LogP contribution in [0.2, 0.25) is 0 Å². The Balaban J connectivity index is 1.83. The molecule has 0 fully saturated rings. The number of unbranched alkanes of at least 4 members (excludes halogenated alkanes) is 1. The van der Waals surface area contributed by atoms with E-state index in [1.165, 1.54) is 18.4 Å². The summed E-state index contributed by atoms with van der Waals surface area (Å²) in [5.41, 5.74) is 2.09. The van der Waals surface area contributed by atoms with Gasteiger partial charge in [0, 0.05) is 5.69 Å². The van der Waals surface area contributed by atoms with Gasteiger partial charge in [0.05, 0.1) is 4.47 Å². The third-order valence-corrected chi connectivity index (χ3v) is 3.91. The lowest BCUT2D eigenvalue weighted by Crippen LogP contribution is -2.20. The largest absolute Gasteiger partial charge is 0.483 e. The molecule has 0 bridgehead atoms. The number of carbonyl (C=O) groups is 1. The molecular formula is C18H20BrNO2. The Bertz CT molecular complexity index is 611. The number of anilines is 1. The number of para-hydroxylation sites is 1. The summed E-state index contributed by atoms with van der Waals surface area (Å²) in [4.78, 5) is 11.9. The number of rotatable bonds is 7. The molecule has 2 aromatic rings. The number of amides is 1. The molecule has 0 aliphatic rings. The summed E-state index contributed by atoms with van der Waals surface area (Å²) in [6, 6.07) is 15.4. The molecule has 2 rings (SSSR count). The van der Waals surface area contributed by atoms with Gasteiger partial charge in [-0.15, -0.1) is 0 Å². The van der Waals surface area contributed by atoms with E-state index in [0.29, 0.717) is 5.75 Å². The van der Waals surface area contributed by atoms with Crippen LogP contribution in [0.5, 0.6) is 5.75 Å². The second-order valence-electron chi connectivity index (χ2n) is 5.07. The summed E-state index contributed by atoms with van der Waals surface area (Å²) in [5, 5.41) is 2.84. The molecule has 0 radical (unpaired) electrons. The van der Waals surface area contributed by atoms with Gasteiger partial charge >= 0.3 is 0 Å². The summed E-state index contributed by atoms with van der Waals surface area (Å²) >= 11 is 3.39.